The first-order chi connectivity index (χ1) is 12.3. The van der Waals surface area contributed by atoms with Crippen LogP contribution in [0.1, 0.15) is 53.4 Å². The van der Waals surface area contributed by atoms with Crippen LogP contribution >= 0.6 is 7.82 Å². The predicted octanol–water partition coefficient (Wildman–Crippen LogP) is 3.89. The van der Waals surface area contributed by atoms with E-state index in [4.69, 9.17) is 28.2 Å². The molecule has 0 spiro atoms. The van der Waals surface area contributed by atoms with Gasteiger partial charge in [0.15, 0.2) is 0 Å². The third kappa shape index (κ3) is 12.8. The zero-order chi connectivity index (χ0) is 19.9. The van der Waals surface area contributed by atoms with Crippen molar-refractivity contribution in [1.29, 1.82) is 0 Å². The lowest BCUT2D eigenvalue weighted by molar-refractivity contribution is -0.150. The highest BCUT2D eigenvalue weighted by molar-refractivity contribution is 7.48. The minimum Gasteiger partial charge on any atom is -0.481 e. The second-order valence-corrected chi connectivity index (χ2v) is 8.18. The van der Waals surface area contributed by atoms with E-state index in [1.165, 1.54) is 0 Å². The van der Waals surface area contributed by atoms with Crippen LogP contribution in [0, 0.1) is 5.41 Å². The average molecular weight is 398 g/mol. The molecule has 9 heteroatoms. The number of rotatable bonds is 18. The molecule has 156 valence electrons. The first-order valence-corrected chi connectivity index (χ1v) is 10.7. The van der Waals surface area contributed by atoms with Gasteiger partial charge in [-0.05, 0) is 26.7 Å². The molecule has 0 aromatic heterocycles. The maximum atomic E-state index is 12.5. The Hall–Kier alpha value is -0.500. The summed E-state index contributed by atoms with van der Waals surface area (Å²) in [7, 11) is -3.55. The van der Waals surface area contributed by atoms with E-state index < -0.39 is 19.2 Å². The van der Waals surface area contributed by atoms with Gasteiger partial charge in [0.25, 0.3) is 0 Å². The summed E-state index contributed by atoms with van der Waals surface area (Å²) >= 11 is 0. The first kappa shape index (κ1) is 25.5. The van der Waals surface area contributed by atoms with Gasteiger partial charge in [0.2, 0.25) is 0 Å². The number of carboxylic acids is 1. The summed E-state index contributed by atoms with van der Waals surface area (Å²) in [6, 6.07) is 0. The lowest BCUT2D eigenvalue weighted by Crippen LogP contribution is -2.29. The van der Waals surface area contributed by atoms with Crippen molar-refractivity contribution in [1.82, 2.24) is 0 Å². The lowest BCUT2D eigenvalue weighted by Gasteiger charge is -2.19. The Morgan fingerprint density at radius 2 is 1.31 bits per heavy atom. The van der Waals surface area contributed by atoms with Crippen molar-refractivity contribution < 1.29 is 37.5 Å². The second-order valence-electron chi connectivity index (χ2n) is 6.51. The van der Waals surface area contributed by atoms with Crippen molar-refractivity contribution in [2.45, 2.75) is 53.4 Å². The third-order valence-corrected chi connectivity index (χ3v) is 4.88. The van der Waals surface area contributed by atoms with E-state index in [-0.39, 0.29) is 33.0 Å². The fraction of sp³-hybridized carbons (Fsp3) is 0.941. The molecule has 26 heavy (non-hydrogen) atoms. The van der Waals surface area contributed by atoms with Crippen LogP contribution in [0.15, 0.2) is 0 Å². The Labute approximate surface area is 157 Å². The Bertz CT molecular complexity index is 400. The van der Waals surface area contributed by atoms with Gasteiger partial charge in [0, 0.05) is 0 Å². The molecule has 0 heterocycles. The molecule has 0 bridgehead atoms. The minimum absolute atomic E-state index is 0.0795. The topological polar surface area (TPSA) is 101 Å². The maximum Gasteiger partial charge on any atom is 0.474 e. The molecule has 0 radical (unpaired) electrons. The zero-order valence-electron chi connectivity index (χ0n) is 16.5. The van der Waals surface area contributed by atoms with Crippen molar-refractivity contribution >= 4 is 13.8 Å². The predicted molar refractivity (Wildman–Crippen MR) is 98.3 cm³/mol. The Morgan fingerprint density at radius 3 is 1.81 bits per heavy atom. The summed E-state index contributed by atoms with van der Waals surface area (Å²) < 4.78 is 39.0. The number of carboxylic acid groups (broad SMARTS) is 1. The molecule has 0 saturated heterocycles. The quantitative estimate of drug-likeness (QED) is 0.274. The summed E-state index contributed by atoms with van der Waals surface area (Å²) in [6.07, 6.45) is 3.42. The van der Waals surface area contributed by atoms with Crippen LogP contribution in [0.5, 0.6) is 0 Å². The van der Waals surface area contributed by atoms with E-state index in [2.05, 4.69) is 0 Å². The number of phosphoric ester groups is 1. The number of hydrogen-bond donors (Lipinski definition) is 1. The van der Waals surface area contributed by atoms with Crippen LogP contribution in [0.4, 0.5) is 0 Å². The molecule has 0 amide bonds. The first-order valence-electron chi connectivity index (χ1n) is 9.20. The number of phosphoric acid groups is 1. The van der Waals surface area contributed by atoms with Gasteiger partial charge in [-0.2, -0.15) is 0 Å². The van der Waals surface area contributed by atoms with E-state index in [9.17, 15) is 9.36 Å². The SMILES string of the molecule is CCCCOP(=O)(OCCCC)OCCOCCOCC(C)(C)C(=O)O. The van der Waals surface area contributed by atoms with Gasteiger partial charge in [-0.15, -0.1) is 0 Å². The maximum absolute atomic E-state index is 12.5. The molecule has 0 aliphatic carbocycles. The highest BCUT2D eigenvalue weighted by atomic mass is 31.2. The molecule has 0 aliphatic rings. The summed E-state index contributed by atoms with van der Waals surface area (Å²) in [5, 5.41) is 8.97. The molecule has 0 saturated carbocycles. The van der Waals surface area contributed by atoms with Crippen LogP contribution in [-0.2, 0) is 32.4 Å². The van der Waals surface area contributed by atoms with E-state index in [1.807, 2.05) is 13.8 Å². The second kappa shape index (κ2) is 14.5. The van der Waals surface area contributed by atoms with Crippen LogP contribution in [-0.4, -0.2) is 57.3 Å². The van der Waals surface area contributed by atoms with Crippen molar-refractivity contribution in [3.8, 4) is 0 Å². The highest BCUT2D eigenvalue weighted by Crippen LogP contribution is 2.49. The Morgan fingerprint density at radius 1 is 0.846 bits per heavy atom. The smallest absolute Gasteiger partial charge is 0.474 e. The fourth-order valence-corrected chi connectivity index (χ4v) is 2.80. The van der Waals surface area contributed by atoms with Gasteiger partial charge >= 0.3 is 13.8 Å². The molecular formula is C17H35O8P. The molecule has 0 aromatic rings. The average Bonchev–Trinajstić information content (AvgIpc) is 2.57. The molecule has 8 nitrogen and oxygen atoms in total. The summed E-state index contributed by atoms with van der Waals surface area (Å²) in [4.78, 5) is 10.9. The summed E-state index contributed by atoms with van der Waals surface area (Å²) in [5.74, 6) is -0.909. The van der Waals surface area contributed by atoms with Gasteiger partial charge in [0.05, 0.1) is 51.7 Å². The van der Waals surface area contributed by atoms with Crippen LogP contribution in [0.25, 0.3) is 0 Å². The van der Waals surface area contributed by atoms with Crippen molar-refractivity contribution in [3.63, 3.8) is 0 Å². The zero-order valence-corrected chi connectivity index (χ0v) is 17.4. The number of carbonyl (C=O) groups is 1. The number of ether oxygens (including phenoxy) is 2. The number of hydrogen-bond acceptors (Lipinski definition) is 7. The monoisotopic (exact) mass is 398 g/mol. The Kier molecular flexibility index (Phi) is 14.3. The molecule has 0 aliphatic heterocycles. The highest BCUT2D eigenvalue weighted by Gasteiger charge is 2.27. The van der Waals surface area contributed by atoms with Gasteiger partial charge in [0.1, 0.15) is 0 Å². The van der Waals surface area contributed by atoms with Gasteiger partial charge in [-0.25, -0.2) is 4.57 Å². The van der Waals surface area contributed by atoms with E-state index in [1.54, 1.807) is 13.8 Å². The van der Waals surface area contributed by atoms with Crippen LogP contribution < -0.4 is 0 Å². The molecular weight excluding hydrogens is 363 g/mol. The van der Waals surface area contributed by atoms with Crippen molar-refractivity contribution in [2.24, 2.45) is 5.41 Å². The van der Waals surface area contributed by atoms with Crippen LogP contribution in [0.3, 0.4) is 0 Å². The van der Waals surface area contributed by atoms with Crippen molar-refractivity contribution in [2.75, 3.05) is 46.2 Å². The van der Waals surface area contributed by atoms with Crippen LogP contribution in [0.2, 0.25) is 0 Å². The molecule has 0 aromatic carbocycles. The largest absolute Gasteiger partial charge is 0.481 e. The minimum atomic E-state index is -3.55. The van der Waals surface area contributed by atoms with E-state index in [0.29, 0.717) is 13.2 Å². The number of aliphatic carboxylic acids is 1. The third-order valence-electron chi connectivity index (χ3n) is 3.39. The van der Waals surface area contributed by atoms with Gasteiger partial charge in [-0.3, -0.25) is 18.4 Å². The van der Waals surface area contributed by atoms with E-state index >= 15 is 0 Å². The normalized spacial score (nSPS) is 12.5. The lowest BCUT2D eigenvalue weighted by atomic mass is 9.95. The molecule has 0 atom stereocenters. The standard InChI is InChI=1S/C17H35O8P/c1-5-7-9-23-26(20,24-10-8-6-2)25-14-13-21-11-12-22-15-17(3,4)16(18)19/h5-15H2,1-4H3,(H,18,19). The summed E-state index contributed by atoms with van der Waals surface area (Å²) in [5.41, 5.74) is -0.929. The fourth-order valence-electron chi connectivity index (χ4n) is 1.57. The van der Waals surface area contributed by atoms with Crippen molar-refractivity contribution in [3.05, 3.63) is 0 Å². The summed E-state index contributed by atoms with van der Waals surface area (Å²) in [6.45, 7) is 8.83. The van der Waals surface area contributed by atoms with Gasteiger partial charge < -0.3 is 14.6 Å². The van der Waals surface area contributed by atoms with E-state index in [0.717, 1.165) is 25.7 Å². The Balaban J connectivity index is 3.92. The molecule has 0 rings (SSSR count). The molecule has 0 fully saturated rings. The molecule has 1 N–H and O–H groups in total. The number of unbranched alkanes of at least 4 members (excludes halogenated alkanes) is 2. The van der Waals surface area contributed by atoms with Gasteiger partial charge in [-0.1, -0.05) is 26.7 Å². The molecule has 0 unspecified atom stereocenters.